The van der Waals surface area contributed by atoms with Gasteiger partial charge in [0, 0.05) is 19.2 Å². The smallest absolute Gasteiger partial charge is 0.253 e. The van der Waals surface area contributed by atoms with E-state index in [-0.39, 0.29) is 5.91 Å². The normalized spacial score (nSPS) is 10.3. The van der Waals surface area contributed by atoms with Gasteiger partial charge in [0.25, 0.3) is 5.91 Å². The van der Waals surface area contributed by atoms with Crippen LogP contribution in [0, 0.1) is 0 Å². The molecule has 0 aliphatic rings. The maximum absolute atomic E-state index is 12.2. The molecule has 1 amide bonds. The summed E-state index contributed by atoms with van der Waals surface area (Å²) in [6.45, 7) is 2.95. The van der Waals surface area contributed by atoms with E-state index in [1.807, 2.05) is 49.5 Å². The Bertz CT molecular complexity index is 545. The molecule has 0 unspecified atom stereocenters. The fourth-order valence-corrected chi connectivity index (χ4v) is 2.15. The van der Waals surface area contributed by atoms with Gasteiger partial charge in [0.1, 0.15) is 0 Å². The Morgan fingerprint density at radius 1 is 0.950 bits per heavy atom. The van der Waals surface area contributed by atoms with Gasteiger partial charge in [-0.15, -0.1) is 0 Å². The molecule has 0 bridgehead atoms. The molecule has 0 atom stereocenters. The lowest BCUT2D eigenvalue weighted by Crippen LogP contribution is -2.27. The van der Waals surface area contributed by atoms with E-state index in [1.54, 1.807) is 4.90 Å². The summed E-state index contributed by atoms with van der Waals surface area (Å²) in [5, 5.41) is 0. The minimum Gasteiger partial charge on any atom is -0.342 e. The molecule has 0 radical (unpaired) electrons. The summed E-state index contributed by atoms with van der Waals surface area (Å²) >= 11 is 0. The molecule has 0 aliphatic carbocycles. The first kappa shape index (κ1) is 14.3. The summed E-state index contributed by atoms with van der Waals surface area (Å²) in [6.07, 6.45) is 2.15. The molecule has 0 N–H and O–H groups in total. The highest BCUT2D eigenvalue weighted by molar-refractivity contribution is 5.94. The van der Waals surface area contributed by atoms with Gasteiger partial charge in [-0.05, 0) is 29.7 Å². The number of unbranched alkanes of at least 4 members (excludes halogenated alkanes) is 1. The van der Waals surface area contributed by atoms with Crippen molar-refractivity contribution in [1.82, 2.24) is 4.90 Å². The van der Waals surface area contributed by atoms with E-state index >= 15 is 0 Å². The molecule has 2 rings (SSSR count). The fraction of sp³-hybridized carbons (Fsp3) is 0.278. The number of hydrogen-bond donors (Lipinski definition) is 0. The third-order valence-electron chi connectivity index (χ3n) is 3.43. The number of carbonyl (C=O) groups excluding carboxylic acids is 1. The standard InChI is InChI=1S/C18H21NO/c1-3-4-14-19(2)18(20)17-12-10-16(11-13-17)15-8-6-5-7-9-15/h5-13H,3-4,14H2,1-2H3. The molecule has 104 valence electrons. The van der Waals surface area contributed by atoms with E-state index in [2.05, 4.69) is 19.1 Å². The molecule has 2 aromatic rings. The number of benzene rings is 2. The number of hydrogen-bond acceptors (Lipinski definition) is 1. The van der Waals surface area contributed by atoms with Crippen molar-refractivity contribution < 1.29 is 4.79 Å². The molecule has 2 heteroatoms. The molecule has 0 aromatic heterocycles. The van der Waals surface area contributed by atoms with Crippen molar-refractivity contribution in [3.05, 3.63) is 60.2 Å². The predicted octanol–water partition coefficient (Wildman–Crippen LogP) is 4.23. The van der Waals surface area contributed by atoms with Crippen LogP contribution in [0.2, 0.25) is 0 Å². The molecular formula is C18H21NO. The van der Waals surface area contributed by atoms with Crippen LogP contribution in [0.5, 0.6) is 0 Å². The fourth-order valence-electron chi connectivity index (χ4n) is 2.15. The summed E-state index contributed by atoms with van der Waals surface area (Å²) in [5.41, 5.74) is 3.06. The Hall–Kier alpha value is -2.09. The van der Waals surface area contributed by atoms with E-state index in [0.717, 1.165) is 30.5 Å². The lowest BCUT2D eigenvalue weighted by molar-refractivity contribution is 0.0793. The Morgan fingerprint density at radius 3 is 2.15 bits per heavy atom. The summed E-state index contributed by atoms with van der Waals surface area (Å²) in [4.78, 5) is 14.0. The van der Waals surface area contributed by atoms with E-state index < -0.39 is 0 Å². The molecule has 0 spiro atoms. The van der Waals surface area contributed by atoms with Gasteiger partial charge in [-0.25, -0.2) is 0 Å². The third-order valence-corrected chi connectivity index (χ3v) is 3.43. The zero-order valence-electron chi connectivity index (χ0n) is 12.2. The minimum absolute atomic E-state index is 0.0954. The summed E-state index contributed by atoms with van der Waals surface area (Å²) in [7, 11) is 1.86. The molecule has 2 aromatic carbocycles. The number of nitrogens with zero attached hydrogens (tertiary/aromatic N) is 1. The van der Waals surface area contributed by atoms with Crippen LogP contribution in [0.15, 0.2) is 54.6 Å². The van der Waals surface area contributed by atoms with Crippen LogP contribution in [-0.2, 0) is 0 Å². The Labute approximate surface area is 121 Å². The molecule has 0 saturated carbocycles. The van der Waals surface area contributed by atoms with Gasteiger partial charge >= 0.3 is 0 Å². The Morgan fingerprint density at radius 2 is 1.55 bits per heavy atom. The van der Waals surface area contributed by atoms with Crippen molar-refractivity contribution in [3.8, 4) is 11.1 Å². The molecular weight excluding hydrogens is 246 g/mol. The highest BCUT2D eigenvalue weighted by Gasteiger charge is 2.10. The Balaban J connectivity index is 2.10. The first-order valence-electron chi connectivity index (χ1n) is 7.13. The first-order valence-corrected chi connectivity index (χ1v) is 7.13. The van der Waals surface area contributed by atoms with Crippen molar-refractivity contribution in [1.29, 1.82) is 0 Å². The maximum Gasteiger partial charge on any atom is 0.253 e. The number of carbonyl (C=O) groups is 1. The minimum atomic E-state index is 0.0954. The maximum atomic E-state index is 12.2. The number of amides is 1. The van der Waals surface area contributed by atoms with Crippen LogP contribution in [-0.4, -0.2) is 24.4 Å². The van der Waals surface area contributed by atoms with Crippen LogP contribution < -0.4 is 0 Å². The molecule has 0 fully saturated rings. The summed E-state index contributed by atoms with van der Waals surface area (Å²) < 4.78 is 0. The average molecular weight is 267 g/mol. The van der Waals surface area contributed by atoms with Gasteiger partial charge in [0.15, 0.2) is 0 Å². The van der Waals surface area contributed by atoms with Crippen molar-refractivity contribution in [3.63, 3.8) is 0 Å². The van der Waals surface area contributed by atoms with Gasteiger partial charge < -0.3 is 4.90 Å². The van der Waals surface area contributed by atoms with Crippen LogP contribution in [0.25, 0.3) is 11.1 Å². The second-order valence-corrected chi connectivity index (χ2v) is 5.02. The highest BCUT2D eigenvalue weighted by atomic mass is 16.2. The monoisotopic (exact) mass is 267 g/mol. The average Bonchev–Trinajstić information content (AvgIpc) is 2.53. The quantitative estimate of drug-likeness (QED) is 0.794. The van der Waals surface area contributed by atoms with E-state index in [9.17, 15) is 4.79 Å². The van der Waals surface area contributed by atoms with Crippen LogP contribution in [0.1, 0.15) is 30.1 Å². The van der Waals surface area contributed by atoms with Crippen molar-refractivity contribution >= 4 is 5.91 Å². The first-order chi connectivity index (χ1) is 9.72. The van der Waals surface area contributed by atoms with Gasteiger partial charge in [-0.2, -0.15) is 0 Å². The molecule has 0 saturated heterocycles. The lowest BCUT2D eigenvalue weighted by atomic mass is 10.0. The zero-order valence-corrected chi connectivity index (χ0v) is 12.2. The molecule has 0 aliphatic heterocycles. The second-order valence-electron chi connectivity index (χ2n) is 5.02. The van der Waals surface area contributed by atoms with Crippen molar-refractivity contribution in [2.75, 3.05) is 13.6 Å². The zero-order chi connectivity index (χ0) is 14.4. The van der Waals surface area contributed by atoms with E-state index in [4.69, 9.17) is 0 Å². The topological polar surface area (TPSA) is 20.3 Å². The molecule has 20 heavy (non-hydrogen) atoms. The highest BCUT2D eigenvalue weighted by Crippen LogP contribution is 2.19. The van der Waals surface area contributed by atoms with Crippen LogP contribution in [0.3, 0.4) is 0 Å². The summed E-state index contributed by atoms with van der Waals surface area (Å²) in [6, 6.07) is 18.0. The molecule has 0 heterocycles. The van der Waals surface area contributed by atoms with Crippen LogP contribution in [0.4, 0.5) is 0 Å². The van der Waals surface area contributed by atoms with Crippen LogP contribution >= 0.6 is 0 Å². The Kier molecular flexibility index (Phi) is 4.94. The largest absolute Gasteiger partial charge is 0.342 e. The molecule has 2 nitrogen and oxygen atoms in total. The van der Waals surface area contributed by atoms with Gasteiger partial charge in [0.2, 0.25) is 0 Å². The predicted molar refractivity (Wildman–Crippen MR) is 83.7 cm³/mol. The van der Waals surface area contributed by atoms with E-state index in [1.165, 1.54) is 5.56 Å². The van der Waals surface area contributed by atoms with Crippen molar-refractivity contribution in [2.45, 2.75) is 19.8 Å². The number of rotatable bonds is 5. The summed E-state index contributed by atoms with van der Waals surface area (Å²) in [5.74, 6) is 0.0954. The lowest BCUT2D eigenvalue weighted by Gasteiger charge is -2.16. The van der Waals surface area contributed by atoms with Gasteiger partial charge in [-0.3, -0.25) is 4.79 Å². The van der Waals surface area contributed by atoms with Crippen molar-refractivity contribution in [2.24, 2.45) is 0 Å². The second kappa shape index (κ2) is 6.90. The SMILES string of the molecule is CCCCN(C)C(=O)c1ccc(-c2ccccc2)cc1. The van der Waals surface area contributed by atoms with Gasteiger partial charge in [0.05, 0.1) is 0 Å². The third kappa shape index (κ3) is 3.47. The van der Waals surface area contributed by atoms with E-state index in [0.29, 0.717) is 0 Å². The van der Waals surface area contributed by atoms with Gasteiger partial charge in [-0.1, -0.05) is 55.8 Å².